The highest BCUT2D eigenvalue weighted by Gasteiger charge is 2.27. The zero-order valence-electron chi connectivity index (χ0n) is 14.0. The molecule has 0 radical (unpaired) electrons. The van der Waals surface area contributed by atoms with Gasteiger partial charge in [0.1, 0.15) is 0 Å². The molecule has 5 heteroatoms. The van der Waals surface area contributed by atoms with Crippen molar-refractivity contribution in [2.75, 3.05) is 13.1 Å². The van der Waals surface area contributed by atoms with Gasteiger partial charge < -0.3 is 4.90 Å². The smallest absolute Gasteiger partial charge is 0.227 e. The number of carbonyl (C=O) groups is 1. The van der Waals surface area contributed by atoms with Crippen LogP contribution in [0.2, 0.25) is 0 Å². The van der Waals surface area contributed by atoms with E-state index in [9.17, 15) is 4.79 Å². The molecule has 3 heterocycles. The summed E-state index contributed by atoms with van der Waals surface area (Å²) in [6.07, 6.45) is 4.53. The van der Waals surface area contributed by atoms with Gasteiger partial charge in [0, 0.05) is 30.3 Å². The molecule has 1 saturated heterocycles. The number of thiophene rings is 1. The van der Waals surface area contributed by atoms with E-state index in [1.165, 1.54) is 5.56 Å². The SMILES string of the molecule is O=C(Cc1ccsc1)N1CCC[C@@H](c2[nH]ncc2-c2ccccc2)C1. The van der Waals surface area contributed by atoms with E-state index >= 15 is 0 Å². The summed E-state index contributed by atoms with van der Waals surface area (Å²) in [7, 11) is 0. The predicted octanol–water partition coefficient (Wildman–Crippen LogP) is 4.09. The molecule has 0 bridgehead atoms. The average Bonchev–Trinajstić information content (AvgIpc) is 3.34. The molecule has 1 N–H and O–H groups in total. The van der Waals surface area contributed by atoms with Gasteiger partial charge in [-0.15, -0.1) is 0 Å². The first-order valence-electron chi connectivity index (χ1n) is 8.69. The molecular formula is C20H21N3OS. The van der Waals surface area contributed by atoms with Gasteiger partial charge in [0.2, 0.25) is 5.91 Å². The van der Waals surface area contributed by atoms with Crippen LogP contribution < -0.4 is 0 Å². The van der Waals surface area contributed by atoms with Crippen molar-refractivity contribution in [3.05, 3.63) is 64.6 Å². The number of carbonyl (C=O) groups excluding carboxylic acids is 1. The number of likely N-dealkylation sites (tertiary alicyclic amines) is 1. The summed E-state index contributed by atoms with van der Waals surface area (Å²) in [5, 5.41) is 11.6. The van der Waals surface area contributed by atoms with Gasteiger partial charge in [-0.3, -0.25) is 9.89 Å². The Balaban J connectivity index is 1.50. The number of hydrogen-bond donors (Lipinski definition) is 1. The lowest BCUT2D eigenvalue weighted by molar-refractivity contribution is -0.131. The number of aromatic amines is 1. The van der Waals surface area contributed by atoms with Crippen molar-refractivity contribution in [3.8, 4) is 11.1 Å². The van der Waals surface area contributed by atoms with Crippen LogP contribution in [0.5, 0.6) is 0 Å². The molecule has 1 aromatic carbocycles. The van der Waals surface area contributed by atoms with Crippen molar-refractivity contribution < 1.29 is 4.79 Å². The van der Waals surface area contributed by atoms with E-state index in [1.54, 1.807) is 11.3 Å². The summed E-state index contributed by atoms with van der Waals surface area (Å²) in [6, 6.07) is 12.4. The van der Waals surface area contributed by atoms with Gasteiger partial charge >= 0.3 is 0 Å². The van der Waals surface area contributed by atoms with Crippen LogP contribution in [0.3, 0.4) is 0 Å². The van der Waals surface area contributed by atoms with E-state index in [0.717, 1.165) is 42.8 Å². The van der Waals surface area contributed by atoms with Crippen molar-refractivity contribution in [3.63, 3.8) is 0 Å². The quantitative estimate of drug-likeness (QED) is 0.770. The highest BCUT2D eigenvalue weighted by atomic mass is 32.1. The summed E-state index contributed by atoms with van der Waals surface area (Å²) in [6.45, 7) is 1.62. The number of rotatable bonds is 4. The second-order valence-electron chi connectivity index (χ2n) is 6.55. The van der Waals surface area contributed by atoms with Gasteiger partial charge in [-0.2, -0.15) is 16.4 Å². The third-order valence-corrected chi connectivity index (χ3v) is 5.60. The third kappa shape index (κ3) is 3.51. The van der Waals surface area contributed by atoms with Crippen LogP contribution in [-0.2, 0) is 11.2 Å². The molecule has 0 spiro atoms. The van der Waals surface area contributed by atoms with Gasteiger partial charge in [0.25, 0.3) is 0 Å². The monoisotopic (exact) mass is 351 g/mol. The Hall–Kier alpha value is -2.40. The molecule has 0 aliphatic carbocycles. The van der Waals surface area contributed by atoms with Crippen molar-refractivity contribution in [1.29, 1.82) is 0 Å². The lowest BCUT2D eigenvalue weighted by atomic mass is 9.90. The second-order valence-corrected chi connectivity index (χ2v) is 7.33. The summed E-state index contributed by atoms with van der Waals surface area (Å²) in [5.74, 6) is 0.543. The van der Waals surface area contributed by atoms with E-state index in [4.69, 9.17) is 0 Å². The number of nitrogens with zero attached hydrogens (tertiary/aromatic N) is 2. The molecule has 1 fully saturated rings. The van der Waals surface area contributed by atoms with Crippen molar-refractivity contribution >= 4 is 17.2 Å². The van der Waals surface area contributed by atoms with Crippen LogP contribution in [0.15, 0.2) is 53.4 Å². The topological polar surface area (TPSA) is 49.0 Å². The van der Waals surface area contributed by atoms with E-state index in [0.29, 0.717) is 12.3 Å². The first kappa shape index (κ1) is 16.1. The van der Waals surface area contributed by atoms with Crippen LogP contribution in [0, 0.1) is 0 Å². The standard InChI is InChI=1S/C20H21N3OS/c24-19(11-15-8-10-25-14-15)23-9-4-7-17(13-23)20-18(12-21-22-20)16-5-2-1-3-6-16/h1-3,5-6,8,10,12,14,17H,4,7,9,11,13H2,(H,21,22)/t17-/m1/s1. The van der Waals surface area contributed by atoms with Crippen LogP contribution in [0.4, 0.5) is 0 Å². The lowest BCUT2D eigenvalue weighted by Gasteiger charge is -2.32. The number of benzene rings is 1. The molecule has 4 nitrogen and oxygen atoms in total. The molecule has 1 aliphatic rings. The number of H-pyrrole nitrogens is 1. The first-order chi connectivity index (χ1) is 12.3. The number of amides is 1. The first-order valence-corrected chi connectivity index (χ1v) is 9.63. The van der Waals surface area contributed by atoms with Crippen LogP contribution in [0.1, 0.15) is 30.0 Å². The molecule has 1 atom stereocenters. The van der Waals surface area contributed by atoms with Gasteiger partial charge in [-0.05, 0) is 40.8 Å². The van der Waals surface area contributed by atoms with Gasteiger partial charge in [0.05, 0.1) is 12.6 Å². The number of aromatic nitrogens is 2. The number of hydrogen-bond acceptors (Lipinski definition) is 3. The van der Waals surface area contributed by atoms with Crippen LogP contribution in [-0.4, -0.2) is 34.1 Å². The molecule has 128 valence electrons. The Morgan fingerprint density at radius 1 is 1.28 bits per heavy atom. The molecular weight excluding hydrogens is 330 g/mol. The molecule has 1 amide bonds. The molecule has 4 rings (SSSR count). The number of piperidine rings is 1. The van der Waals surface area contributed by atoms with Crippen molar-refractivity contribution in [2.45, 2.75) is 25.2 Å². The second kappa shape index (κ2) is 7.23. The predicted molar refractivity (Wildman–Crippen MR) is 101 cm³/mol. The lowest BCUT2D eigenvalue weighted by Crippen LogP contribution is -2.40. The van der Waals surface area contributed by atoms with Crippen LogP contribution in [0.25, 0.3) is 11.1 Å². The van der Waals surface area contributed by atoms with Gasteiger partial charge in [-0.25, -0.2) is 0 Å². The zero-order valence-corrected chi connectivity index (χ0v) is 14.8. The summed E-state index contributed by atoms with van der Waals surface area (Å²) in [4.78, 5) is 14.7. The molecule has 25 heavy (non-hydrogen) atoms. The molecule has 2 aromatic heterocycles. The van der Waals surface area contributed by atoms with Crippen LogP contribution >= 0.6 is 11.3 Å². The van der Waals surface area contributed by atoms with Crippen molar-refractivity contribution in [2.24, 2.45) is 0 Å². The minimum Gasteiger partial charge on any atom is -0.342 e. The maximum absolute atomic E-state index is 12.6. The third-order valence-electron chi connectivity index (χ3n) is 4.87. The Morgan fingerprint density at radius 3 is 2.96 bits per heavy atom. The van der Waals surface area contributed by atoms with E-state index in [2.05, 4.69) is 27.7 Å². The fourth-order valence-corrected chi connectivity index (χ4v) is 4.24. The zero-order chi connectivity index (χ0) is 17.1. The molecule has 3 aromatic rings. The Kier molecular flexibility index (Phi) is 4.65. The fraction of sp³-hybridized carbons (Fsp3) is 0.300. The largest absolute Gasteiger partial charge is 0.342 e. The van der Waals surface area contributed by atoms with E-state index < -0.39 is 0 Å². The highest BCUT2D eigenvalue weighted by Crippen LogP contribution is 2.33. The maximum Gasteiger partial charge on any atom is 0.227 e. The maximum atomic E-state index is 12.6. The van der Waals surface area contributed by atoms with Gasteiger partial charge in [0.15, 0.2) is 0 Å². The minimum absolute atomic E-state index is 0.226. The fourth-order valence-electron chi connectivity index (χ4n) is 3.57. The normalized spacial score (nSPS) is 17.6. The summed E-state index contributed by atoms with van der Waals surface area (Å²) in [5.41, 5.74) is 4.59. The summed E-state index contributed by atoms with van der Waals surface area (Å²) < 4.78 is 0. The van der Waals surface area contributed by atoms with E-state index in [-0.39, 0.29) is 5.91 Å². The number of nitrogens with one attached hydrogen (secondary N) is 1. The van der Waals surface area contributed by atoms with Gasteiger partial charge in [-0.1, -0.05) is 30.3 Å². The molecule has 1 aliphatic heterocycles. The summed E-state index contributed by atoms with van der Waals surface area (Å²) >= 11 is 1.64. The highest BCUT2D eigenvalue weighted by molar-refractivity contribution is 7.08. The van der Waals surface area contributed by atoms with E-state index in [1.807, 2.05) is 40.7 Å². The Bertz CT molecular complexity index is 826. The van der Waals surface area contributed by atoms with Crippen molar-refractivity contribution in [1.82, 2.24) is 15.1 Å². The Morgan fingerprint density at radius 2 is 2.16 bits per heavy atom. The minimum atomic E-state index is 0.226. The molecule has 0 saturated carbocycles. The average molecular weight is 351 g/mol. The molecule has 0 unspecified atom stereocenters. The Labute approximate surface area is 151 Å².